The van der Waals surface area contributed by atoms with E-state index in [2.05, 4.69) is 15.9 Å². The van der Waals surface area contributed by atoms with Crippen molar-refractivity contribution in [1.29, 1.82) is 0 Å². The van der Waals surface area contributed by atoms with E-state index in [9.17, 15) is 4.79 Å². The number of benzene rings is 1. The largest absolute Gasteiger partial charge is 0.495 e. The lowest BCUT2D eigenvalue weighted by Gasteiger charge is -2.06. The second kappa shape index (κ2) is 4.89. The van der Waals surface area contributed by atoms with E-state index in [4.69, 9.17) is 10.5 Å². The van der Waals surface area contributed by atoms with Gasteiger partial charge < -0.3 is 10.5 Å². The number of thiophene rings is 1. The molecule has 0 radical (unpaired) electrons. The number of methoxy groups -OCH3 is 1. The fourth-order valence-electron chi connectivity index (χ4n) is 1.44. The fourth-order valence-corrected chi connectivity index (χ4v) is 2.95. The van der Waals surface area contributed by atoms with Crippen molar-refractivity contribution >= 4 is 38.7 Å². The molecule has 2 N–H and O–H groups in total. The normalized spacial score (nSPS) is 10.2. The first-order valence-electron chi connectivity index (χ1n) is 4.84. The van der Waals surface area contributed by atoms with Crippen LogP contribution in [0.15, 0.2) is 34.1 Å². The summed E-state index contributed by atoms with van der Waals surface area (Å²) in [5.74, 6) is 0.480. The monoisotopic (exact) mass is 311 g/mol. The van der Waals surface area contributed by atoms with Crippen molar-refractivity contribution in [3.63, 3.8) is 0 Å². The Hall–Kier alpha value is -1.33. The number of nitrogens with two attached hydrogens (primary N) is 1. The van der Waals surface area contributed by atoms with Crippen molar-refractivity contribution in [2.45, 2.75) is 0 Å². The molecule has 2 aromatic rings. The third kappa shape index (κ3) is 2.35. The molecule has 0 amide bonds. The second-order valence-corrected chi connectivity index (χ2v) is 5.15. The lowest BCUT2D eigenvalue weighted by atomic mass is 10.1. The van der Waals surface area contributed by atoms with Crippen molar-refractivity contribution in [1.82, 2.24) is 0 Å². The van der Waals surface area contributed by atoms with Gasteiger partial charge in [0.05, 0.1) is 17.7 Å². The van der Waals surface area contributed by atoms with Gasteiger partial charge in [0, 0.05) is 10.0 Å². The Labute approximate surface area is 111 Å². The second-order valence-electron chi connectivity index (χ2n) is 3.38. The van der Waals surface area contributed by atoms with Crippen LogP contribution in [0.2, 0.25) is 0 Å². The number of halogens is 1. The summed E-state index contributed by atoms with van der Waals surface area (Å²) >= 11 is 4.75. The van der Waals surface area contributed by atoms with E-state index in [-0.39, 0.29) is 5.78 Å². The zero-order valence-corrected chi connectivity index (χ0v) is 11.5. The molecule has 0 saturated carbocycles. The lowest BCUT2D eigenvalue weighted by molar-refractivity contribution is 0.104. The van der Waals surface area contributed by atoms with Crippen LogP contribution in [0.25, 0.3) is 0 Å². The number of ketones is 1. The highest BCUT2D eigenvalue weighted by Crippen LogP contribution is 2.28. The average molecular weight is 312 g/mol. The molecule has 88 valence electrons. The minimum atomic E-state index is -0.0369. The molecule has 1 heterocycles. The third-order valence-corrected chi connectivity index (χ3v) is 4.16. The minimum absolute atomic E-state index is 0.0369. The van der Waals surface area contributed by atoms with Gasteiger partial charge in [0.1, 0.15) is 5.75 Å². The van der Waals surface area contributed by atoms with Crippen molar-refractivity contribution in [2.75, 3.05) is 12.8 Å². The third-order valence-electron chi connectivity index (χ3n) is 2.32. The van der Waals surface area contributed by atoms with Gasteiger partial charge in [0.15, 0.2) is 0 Å². The Morgan fingerprint density at radius 1 is 1.41 bits per heavy atom. The molecular weight excluding hydrogens is 302 g/mol. The maximum atomic E-state index is 12.2. The van der Waals surface area contributed by atoms with Gasteiger partial charge in [0.2, 0.25) is 5.78 Å². The number of nitrogen functional groups attached to an aromatic ring is 1. The van der Waals surface area contributed by atoms with Gasteiger partial charge >= 0.3 is 0 Å². The van der Waals surface area contributed by atoms with E-state index < -0.39 is 0 Å². The molecule has 0 aliphatic heterocycles. The molecule has 0 spiro atoms. The Kier molecular flexibility index (Phi) is 3.49. The lowest BCUT2D eigenvalue weighted by Crippen LogP contribution is -2.01. The summed E-state index contributed by atoms with van der Waals surface area (Å²) in [7, 11) is 1.53. The molecule has 0 aliphatic carbocycles. The predicted molar refractivity (Wildman–Crippen MR) is 72.9 cm³/mol. The molecule has 0 fully saturated rings. The summed E-state index contributed by atoms with van der Waals surface area (Å²) in [6, 6.07) is 6.89. The fraction of sp³-hybridized carbons (Fsp3) is 0.0833. The smallest absolute Gasteiger partial charge is 0.204 e. The standard InChI is InChI=1S/C12H10BrNO2S/c1-16-10-6-7(2-3-9(10)14)11(15)12-8(13)4-5-17-12/h2-6H,14H2,1H3. The molecule has 1 aromatic carbocycles. The number of carbonyl (C=O) groups is 1. The quantitative estimate of drug-likeness (QED) is 0.698. The minimum Gasteiger partial charge on any atom is -0.495 e. The molecule has 3 nitrogen and oxygen atoms in total. The summed E-state index contributed by atoms with van der Waals surface area (Å²) in [6.45, 7) is 0. The van der Waals surface area contributed by atoms with Crippen LogP contribution in [0, 0.1) is 0 Å². The van der Waals surface area contributed by atoms with Gasteiger partial charge in [-0.1, -0.05) is 0 Å². The van der Waals surface area contributed by atoms with Crippen LogP contribution in [0.4, 0.5) is 5.69 Å². The Balaban J connectivity index is 2.41. The first-order chi connectivity index (χ1) is 8.13. The molecule has 0 saturated heterocycles. The highest BCUT2D eigenvalue weighted by molar-refractivity contribution is 9.10. The van der Waals surface area contributed by atoms with Crippen LogP contribution in [0.3, 0.4) is 0 Å². The molecular formula is C12H10BrNO2S. The van der Waals surface area contributed by atoms with Gasteiger partial charge in [-0.3, -0.25) is 4.79 Å². The Morgan fingerprint density at radius 3 is 2.76 bits per heavy atom. The molecule has 2 rings (SSSR count). The molecule has 17 heavy (non-hydrogen) atoms. The summed E-state index contributed by atoms with van der Waals surface area (Å²) in [6.07, 6.45) is 0. The van der Waals surface area contributed by atoms with Gasteiger partial charge in [-0.25, -0.2) is 0 Å². The van der Waals surface area contributed by atoms with E-state index >= 15 is 0 Å². The van der Waals surface area contributed by atoms with Crippen LogP contribution in [-0.2, 0) is 0 Å². The van der Waals surface area contributed by atoms with E-state index in [1.807, 2.05) is 11.4 Å². The summed E-state index contributed by atoms with van der Waals surface area (Å²) in [5.41, 5.74) is 6.80. The molecule has 5 heteroatoms. The molecule has 0 atom stereocenters. The van der Waals surface area contributed by atoms with Gasteiger partial charge in [-0.05, 0) is 45.6 Å². The Bertz CT molecular complexity index is 565. The Morgan fingerprint density at radius 2 is 2.18 bits per heavy atom. The van der Waals surface area contributed by atoms with E-state index in [0.29, 0.717) is 21.9 Å². The van der Waals surface area contributed by atoms with Crippen molar-refractivity contribution in [3.8, 4) is 5.75 Å². The molecule has 0 aliphatic rings. The highest BCUT2D eigenvalue weighted by atomic mass is 79.9. The SMILES string of the molecule is COc1cc(C(=O)c2sccc2Br)ccc1N. The summed E-state index contributed by atoms with van der Waals surface area (Å²) in [5, 5.41) is 1.87. The first-order valence-corrected chi connectivity index (χ1v) is 6.52. The number of ether oxygens (including phenoxy) is 1. The maximum Gasteiger partial charge on any atom is 0.204 e. The van der Waals surface area contributed by atoms with Gasteiger partial charge in [-0.2, -0.15) is 0 Å². The topological polar surface area (TPSA) is 52.3 Å². The van der Waals surface area contributed by atoms with Crippen molar-refractivity contribution in [3.05, 3.63) is 44.6 Å². The van der Waals surface area contributed by atoms with Crippen molar-refractivity contribution < 1.29 is 9.53 Å². The van der Waals surface area contributed by atoms with Crippen LogP contribution in [0.1, 0.15) is 15.2 Å². The number of hydrogen-bond donors (Lipinski definition) is 1. The van der Waals surface area contributed by atoms with E-state index in [0.717, 1.165) is 4.47 Å². The number of anilines is 1. The molecule has 0 bridgehead atoms. The molecule has 0 unspecified atom stereocenters. The van der Waals surface area contributed by atoms with Gasteiger partial charge in [-0.15, -0.1) is 11.3 Å². The van der Waals surface area contributed by atoms with Crippen LogP contribution >= 0.6 is 27.3 Å². The van der Waals surface area contributed by atoms with Crippen LogP contribution < -0.4 is 10.5 Å². The average Bonchev–Trinajstić information content (AvgIpc) is 2.75. The number of carbonyl (C=O) groups excluding carboxylic acids is 1. The number of hydrogen-bond acceptors (Lipinski definition) is 4. The maximum absolute atomic E-state index is 12.2. The van der Waals surface area contributed by atoms with Crippen LogP contribution in [-0.4, -0.2) is 12.9 Å². The van der Waals surface area contributed by atoms with Gasteiger partial charge in [0.25, 0.3) is 0 Å². The zero-order chi connectivity index (χ0) is 12.4. The molecule has 1 aromatic heterocycles. The first kappa shape index (κ1) is 12.1. The summed E-state index contributed by atoms with van der Waals surface area (Å²) in [4.78, 5) is 12.9. The zero-order valence-electron chi connectivity index (χ0n) is 9.07. The summed E-state index contributed by atoms with van der Waals surface area (Å²) < 4.78 is 5.91. The number of rotatable bonds is 3. The van der Waals surface area contributed by atoms with Crippen LogP contribution in [0.5, 0.6) is 5.75 Å². The van der Waals surface area contributed by atoms with Crippen molar-refractivity contribution in [2.24, 2.45) is 0 Å². The predicted octanol–water partition coefficient (Wildman–Crippen LogP) is 3.33. The van der Waals surface area contributed by atoms with E-state index in [1.165, 1.54) is 18.4 Å². The highest BCUT2D eigenvalue weighted by Gasteiger charge is 2.15. The van der Waals surface area contributed by atoms with E-state index in [1.54, 1.807) is 18.2 Å².